The van der Waals surface area contributed by atoms with E-state index in [1.165, 1.54) is 4.90 Å². The van der Waals surface area contributed by atoms with E-state index in [4.69, 9.17) is 0 Å². The van der Waals surface area contributed by atoms with E-state index < -0.39 is 23.3 Å². The van der Waals surface area contributed by atoms with Crippen LogP contribution in [0.2, 0.25) is 0 Å². The molecule has 1 aromatic carbocycles. The molecule has 166 valence electrons. The predicted octanol–water partition coefficient (Wildman–Crippen LogP) is 4.35. The predicted molar refractivity (Wildman–Crippen MR) is 115 cm³/mol. The fraction of sp³-hybridized carbons (Fsp3) is 0.304. The van der Waals surface area contributed by atoms with Crippen LogP contribution in [0.3, 0.4) is 0 Å². The summed E-state index contributed by atoms with van der Waals surface area (Å²) in [5, 5.41) is 9.54. The Kier molecular flexibility index (Phi) is 6.93. The van der Waals surface area contributed by atoms with Crippen molar-refractivity contribution in [3.05, 3.63) is 65.1 Å². The smallest absolute Gasteiger partial charge is 0.353 e. The quantitative estimate of drug-likeness (QED) is 0.662. The van der Waals surface area contributed by atoms with Gasteiger partial charge in [0.25, 0.3) is 5.91 Å². The second-order valence-corrected chi connectivity index (χ2v) is 7.07. The third kappa shape index (κ3) is 4.80. The minimum Gasteiger partial charge on any atom is -0.353 e. The van der Waals surface area contributed by atoms with Gasteiger partial charge in [-0.15, -0.1) is 0 Å². The average Bonchev–Trinajstić information content (AvgIpc) is 2.81. The fourth-order valence-electron chi connectivity index (χ4n) is 3.57. The molecule has 0 N–H and O–H groups in total. The molecule has 0 aliphatic carbocycles. The molecule has 3 rings (SSSR count). The lowest BCUT2D eigenvalue weighted by molar-refractivity contribution is -0.141. The summed E-state index contributed by atoms with van der Waals surface area (Å²) in [5.41, 5.74) is -1.71. The second-order valence-electron chi connectivity index (χ2n) is 7.07. The van der Waals surface area contributed by atoms with E-state index in [-0.39, 0.29) is 24.3 Å². The largest absolute Gasteiger partial charge is 0.434 e. The van der Waals surface area contributed by atoms with Crippen LogP contribution in [0.15, 0.2) is 53.3 Å². The van der Waals surface area contributed by atoms with Gasteiger partial charge in [0.05, 0.1) is 16.8 Å². The third-order valence-electron chi connectivity index (χ3n) is 5.10. The molecule has 1 saturated heterocycles. The van der Waals surface area contributed by atoms with Crippen LogP contribution in [0, 0.1) is 11.3 Å². The number of piperazine rings is 1. The van der Waals surface area contributed by atoms with E-state index in [1.807, 2.05) is 24.0 Å². The highest BCUT2D eigenvalue weighted by Gasteiger charge is 2.40. The van der Waals surface area contributed by atoms with Crippen molar-refractivity contribution in [2.24, 2.45) is 4.99 Å². The lowest BCUT2D eigenvalue weighted by Gasteiger charge is -2.36. The standard InChI is InChI=1S/C23H22F3N5O/c1-3-19(28-4-2)30-10-12-31(13-11-30)22(32)18-14-17(15-27)20(16-8-6-5-7-9-16)29-21(18)23(24,25)26/h3-9,14H,10-13H2,1-2H3/b19-3+,28-4-. The summed E-state index contributed by atoms with van der Waals surface area (Å²) in [6.45, 7) is 4.97. The Morgan fingerprint density at radius 2 is 1.75 bits per heavy atom. The van der Waals surface area contributed by atoms with Crippen molar-refractivity contribution in [1.29, 1.82) is 5.26 Å². The normalized spacial score (nSPS) is 15.2. The van der Waals surface area contributed by atoms with Crippen LogP contribution in [0.25, 0.3) is 11.3 Å². The molecule has 1 aliphatic rings. The highest BCUT2D eigenvalue weighted by atomic mass is 19.4. The van der Waals surface area contributed by atoms with E-state index in [0.29, 0.717) is 18.7 Å². The lowest BCUT2D eigenvalue weighted by atomic mass is 10.0. The molecule has 1 amide bonds. The number of halogens is 3. The Morgan fingerprint density at radius 3 is 2.28 bits per heavy atom. The van der Waals surface area contributed by atoms with Crippen molar-refractivity contribution in [2.45, 2.75) is 20.0 Å². The van der Waals surface area contributed by atoms with Gasteiger partial charge in [0.1, 0.15) is 11.9 Å². The molecular formula is C23H22F3N5O. The van der Waals surface area contributed by atoms with Gasteiger partial charge in [0.15, 0.2) is 5.69 Å². The van der Waals surface area contributed by atoms with E-state index in [1.54, 1.807) is 43.5 Å². The molecule has 2 aromatic rings. The van der Waals surface area contributed by atoms with Crippen LogP contribution in [-0.2, 0) is 6.18 Å². The Hall–Kier alpha value is -3.67. The number of alkyl halides is 3. The number of amides is 1. The Bertz CT molecular complexity index is 1080. The summed E-state index contributed by atoms with van der Waals surface area (Å²) in [5.74, 6) is -0.0437. The first-order chi connectivity index (χ1) is 15.3. The third-order valence-corrected chi connectivity index (χ3v) is 5.10. The summed E-state index contributed by atoms with van der Waals surface area (Å²) in [6.07, 6.45) is -1.35. The van der Waals surface area contributed by atoms with Gasteiger partial charge in [-0.05, 0) is 26.0 Å². The zero-order chi connectivity index (χ0) is 23.3. The van der Waals surface area contributed by atoms with Crippen molar-refractivity contribution in [3.8, 4) is 17.3 Å². The number of pyridine rings is 1. The van der Waals surface area contributed by atoms with Crippen LogP contribution in [0.1, 0.15) is 35.5 Å². The van der Waals surface area contributed by atoms with Gasteiger partial charge in [-0.25, -0.2) is 9.98 Å². The van der Waals surface area contributed by atoms with Crippen molar-refractivity contribution >= 4 is 12.1 Å². The Morgan fingerprint density at radius 1 is 1.12 bits per heavy atom. The number of nitrogens with zero attached hydrogens (tertiary/aromatic N) is 5. The van der Waals surface area contributed by atoms with Crippen LogP contribution >= 0.6 is 0 Å². The molecule has 0 unspecified atom stereocenters. The summed E-state index contributed by atoms with van der Waals surface area (Å²) in [7, 11) is 0. The van der Waals surface area contributed by atoms with Gasteiger partial charge in [-0.2, -0.15) is 18.4 Å². The number of hydrogen-bond donors (Lipinski definition) is 0. The minimum absolute atomic E-state index is 0.0836. The Balaban J connectivity index is 1.95. The number of nitriles is 1. The van der Waals surface area contributed by atoms with Crippen molar-refractivity contribution < 1.29 is 18.0 Å². The zero-order valence-electron chi connectivity index (χ0n) is 17.7. The number of hydrogen-bond acceptors (Lipinski definition) is 5. The van der Waals surface area contributed by atoms with Gasteiger partial charge >= 0.3 is 6.18 Å². The molecule has 1 aliphatic heterocycles. The monoisotopic (exact) mass is 441 g/mol. The molecule has 32 heavy (non-hydrogen) atoms. The highest BCUT2D eigenvalue weighted by Crippen LogP contribution is 2.35. The lowest BCUT2D eigenvalue weighted by Crippen LogP contribution is -2.48. The second kappa shape index (κ2) is 9.64. The maximum atomic E-state index is 13.9. The van der Waals surface area contributed by atoms with Gasteiger partial charge < -0.3 is 9.80 Å². The molecule has 0 bridgehead atoms. The molecule has 0 saturated carbocycles. The van der Waals surface area contributed by atoms with Gasteiger partial charge in [0.2, 0.25) is 0 Å². The molecular weight excluding hydrogens is 419 g/mol. The SMILES string of the molecule is C/C=N\C(=C/C)N1CCN(C(=O)c2cc(C#N)c(-c3ccccc3)nc2C(F)(F)F)CC1. The molecule has 2 heterocycles. The van der Waals surface area contributed by atoms with E-state index >= 15 is 0 Å². The van der Waals surface area contributed by atoms with Crippen LogP contribution in [0.5, 0.6) is 0 Å². The molecule has 6 nitrogen and oxygen atoms in total. The number of carbonyl (C=O) groups excluding carboxylic acids is 1. The molecule has 1 fully saturated rings. The molecule has 0 radical (unpaired) electrons. The first-order valence-corrected chi connectivity index (χ1v) is 10.1. The number of rotatable bonds is 4. The van der Waals surface area contributed by atoms with E-state index in [9.17, 15) is 23.2 Å². The fourth-order valence-corrected chi connectivity index (χ4v) is 3.57. The number of allylic oxidation sites excluding steroid dienone is 1. The number of aromatic nitrogens is 1. The van der Waals surface area contributed by atoms with Gasteiger partial charge in [0, 0.05) is 38.0 Å². The number of benzene rings is 1. The minimum atomic E-state index is -4.85. The number of aliphatic imine (C=N–C) groups is 1. The van der Waals surface area contributed by atoms with Crippen LogP contribution < -0.4 is 0 Å². The summed E-state index contributed by atoms with van der Waals surface area (Å²) in [6, 6.07) is 11.0. The van der Waals surface area contributed by atoms with Crippen molar-refractivity contribution in [3.63, 3.8) is 0 Å². The topological polar surface area (TPSA) is 72.6 Å². The van der Waals surface area contributed by atoms with Gasteiger partial charge in [-0.3, -0.25) is 4.79 Å². The van der Waals surface area contributed by atoms with Crippen LogP contribution in [-0.4, -0.2) is 53.1 Å². The first-order valence-electron chi connectivity index (χ1n) is 10.1. The van der Waals surface area contributed by atoms with Gasteiger partial charge in [-0.1, -0.05) is 30.3 Å². The maximum absolute atomic E-state index is 13.9. The molecule has 9 heteroatoms. The molecule has 1 aromatic heterocycles. The summed E-state index contributed by atoms with van der Waals surface area (Å²) >= 11 is 0. The van der Waals surface area contributed by atoms with Crippen molar-refractivity contribution in [1.82, 2.24) is 14.8 Å². The van der Waals surface area contributed by atoms with E-state index in [2.05, 4.69) is 9.98 Å². The summed E-state index contributed by atoms with van der Waals surface area (Å²) < 4.78 is 41.6. The maximum Gasteiger partial charge on any atom is 0.434 e. The summed E-state index contributed by atoms with van der Waals surface area (Å²) in [4.78, 5) is 24.4. The van der Waals surface area contributed by atoms with Crippen LogP contribution in [0.4, 0.5) is 13.2 Å². The number of carbonyl (C=O) groups is 1. The Labute approximate surface area is 184 Å². The first kappa shape index (κ1) is 23.0. The molecule has 0 spiro atoms. The molecule has 0 atom stereocenters. The van der Waals surface area contributed by atoms with E-state index in [0.717, 1.165) is 11.9 Å². The zero-order valence-corrected chi connectivity index (χ0v) is 17.7. The van der Waals surface area contributed by atoms with Crippen molar-refractivity contribution in [2.75, 3.05) is 26.2 Å². The highest BCUT2D eigenvalue weighted by molar-refractivity contribution is 5.96. The average molecular weight is 441 g/mol.